The molecule has 0 aromatic heterocycles. The first-order valence-electron chi connectivity index (χ1n) is 9.06. The van der Waals surface area contributed by atoms with E-state index in [1.165, 1.54) is 12.1 Å². The summed E-state index contributed by atoms with van der Waals surface area (Å²) in [7, 11) is 0. The van der Waals surface area contributed by atoms with Gasteiger partial charge < -0.3 is 20.3 Å². The van der Waals surface area contributed by atoms with Crippen molar-refractivity contribution in [2.75, 3.05) is 31.6 Å². The Bertz CT molecular complexity index is 628. The summed E-state index contributed by atoms with van der Waals surface area (Å²) in [5.74, 6) is -0.567. The Morgan fingerprint density at radius 1 is 1.31 bits per heavy atom. The molecule has 144 valence electrons. The summed E-state index contributed by atoms with van der Waals surface area (Å²) in [6.07, 6.45) is 0.889. The van der Waals surface area contributed by atoms with E-state index in [2.05, 4.69) is 10.6 Å². The van der Waals surface area contributed by atoms with E-state index >= 15 is 0 Å². The van der Waals surface area contributed by atoms with Crippen LogP contribution in [0.4, 0.5) is 10.1 Å². The summed E-state index contributed by atoms with van der Waals surface area (Å²) in [4.78, 5) is 26.7. The van der Waals surface area contributed by atoms with Crippen LogP contribution in [-0.2, 0) is 14.3 Å². The fourth-order valence-electron chi connectivity index (χ4n) is 3.07. The molecule has 1 saturated heterocycles. The highest BCUT2D eigenvalue weighted by molar-refractivity contribution is 5.90. The number of halogens is 1. The highest BCUT2D eigenvalue weighted by atomic mass is 19.1. The van der Waals surface area contributed by atoms with Crippen molar-refractivity contribution in [3.63, 3.8) is 0 Å². The van der Waals surface area contributed by atoms with Crippen molar-refractivity contribution in [3.05, 3.63) is 30.1 Å². The Labute approximate surface area is 154 Å². The number of benzene rings is 1. The van der Waals surface area contributed by atoms with Gasteiger partial charge in [-0.2, -0.15) is 0 Å². The van der Waals surface area contributed by atoms with Gasteiger partial charge in [0.25, 0.3) is 0 Å². The van der Waals surface area contributed by atoms with E-state index in [-0.39, 0.29) is 30.3 Å². The van der Waals surface area contributed by atoms with Gasteiger partial charge in [0.15, 0.2) is 0 Å². The molecule has 1 fully saturated rings. The van der Waals surface area contributed by atoms with E-state index in [0.29, 0.717) is 38.2 Å². The summed E-state index contributed by atoms with van der Waals surface area (Å²) in [6.45, 7) is 7.07. The predicted octanol–water partition coefficient (Wildman–Crippen LogP) is 2.16. The number of nitrogens with one attached hydrogen (secondary N) is 2. The van der Waals surface area contributed by atoms with Crippen molar-refractivity contribution < 1.29 is 18.7 Å². The van der Waals surface area contributed by atoms with Crippen molar-refractivity contribution in [2.24, 2.45) is 0 Å². The molecular weight excluding hydrogens is 337 g/mol. The minimum Gasteiger partial charge on any atom is -0.372 e. The number of carbonyl (C=O) groups is 2. The quantitative estimate of drug-likeness (QED) is 0.777. The molecule has 0 spiro atoms. The molecule has 0 radical (unpaired) electrons. The molecular formula is C19H28FN3O3. The van der Waals surface area contributed by atoms with E-state index in [1.807, 2.05) is 20.8 Å². The molecule has 6 nitrogen and oxygen atoms in total. The second kappa shape index (κ2) is 8.98. The summed E-state index contributed by atoms with van der Waals surface area (Å²) in [5.41, 5.74) is -0.321. The maximum absolute atomic E-state index is 13.5. The molecule has 0 aliphatic carbocycles. The number of hydrogen-bond acceptors (Lipinski definition) is 4. The van der Waals surface area contributed by atoms with Crippen LogP contribution >= 0.6 is 0 Å². The van der Waals surface area contributed by atoms with E-state index in [1.54, 1.807) is 17.0 Å². The average molecular weight is 365 g/mol. The topological polar surface area (TPSA) is 70.7 Å². The summed E-state index contributed by atoms with van der Waals surface area (Å²) >= 11 is 0. The lowest BCUT2D eigenvalue weighted by Crippen LogP contribution is -2.60. The molecule has 1 aromatic rings. The Balaban J connectivity index is 2.13. The monoisotopic (exact) mass is 365 g/mol. The van der Waals surface area contributed by atoms with Gasteiger partial charge in [-0.1, -0.05) is 6.07 Å². The van der Waals surface area contributed by atoms with Crippen molar-refractivity contribution in [2.45, 2.75) is 45.2 Å². The number of hydrogen-bond donors (Lipinski definition) is 2. The molecule has 1 heterocycles. The zero-order valence-corrected chi connectivity index (χ0v) is 15.7. The minimum absolute atomic E-state index is 0.00806. The number of ether oxygens (including phenoxy) is 1. The molecule has 1 aliphatic heterocycles. The lowest BCUT2D eigenvalue weighted by molar-refractivity contribution is -0.139. The van der Waals surface area contributed by atoms with Crippen LogP contribution in [0, 0.1) is 5.82 Å². The van der Waals surface area contributed by atoms with Crippen LogP contribution in [0.1, 0.15) is 33.6 Å². The van der Waals surface area contributed by atoms with Crippen molar-refractivity contribution in [3.8, 4) is 0 Å². The van der Waals surface area contributed by atoms with Crippen LogP contribution in [0.2, 0.25) is 0 Å². The largest absolute Gasteiger partial charge is 0.372 e. The summed E-state index contributed by atoms with van der Waals surface area (Å²) in [5, 5.41) is 6.16. The third-order valence-electron chi connectivity index (χ3n) is 4.46. The van der Waals surface area contributed by atoms with Crippen LogP contribution in [0.3, 0.4) is 0 Å². The van der Waals surface area contributed by atoms with Gasteiger partial charge in [-0.15, -0.1) is 0 Å². The van der Waals surface area contributed by atoms with Gasteiger partial charge in [0.05, 0.1) is 0 Å². The molecule has 2 N–H and O–H groups in total. The van der Waals surface area contributed by atoms with Crippen molar-refractivity contribution in [1.82, 2.24) is 10.2 Å². The Morgan fingerprint density at radius 3 is 2.58 bits per heavy atom. The zero-order valence-electron chi connectivity index (χ0n) is 15.7. The third kappa shape index (κ3) is 5.17. The zero-order chi connectivity index (χ0) is 19.2. The van der Waals surface area contributed by atoms with Gasteiger partial charge in [0.2, 0.25) is 11.8 Å². The number of rotatable bonds is 7. The van der Waals surface area contributed by atoms with Gasteiger partial charge in [-0.3, -0.25) is 9.59 Å². The van der Waals surface area contributed by atoms with Crippen molar-refractivity contribution in [1.29, 1.82) is 0 Å². The van der Waals surface area contributed by atoms with Gasteiger partial charge in [0.1, 0.15) is 18.0 Å². The van der Waals surface area contributed by atoms with E-state index < -0.39 is 5.54 Å². The van der Waals surface area contributed by atoms with Gasteiger partial charge in [0, 0.05) is 31.4 Å². The molecule has 1 aliphatic rings. The number of carbonyl (C=O) groups excluding carboxylic acids is 2. The lowest BCUT2D eigenvalue weighted by Gasteiger charge is -2.42. The fourth-order valence-corrected chi connectivity index (χ4v) is 3.07. The van der Waals surface area contributed by atoms with E-state index in [4.69, 9.17) is 4.74 Å². The average Bonchev–Trinajstić information content (AvgIpc) is 2.59. The Hall–Kier alpha value is -2.15. The first kappa shape index (κ1) is 20.2. The second-order valence-corrected chi connectivity index (χ2v) is 6.86. The number of anilines is 1. The summed E-state index contributed by atoms with van der Waals surface area (Å²) in [6, 6.07) is 6.07. The third-order valence-corrected chi connectivity index (χ3v) is 4.46. The number of likely N-dealkylation sites (tertiary alicyclic amines) is 1. The Kier molecular flexibility index (Phi) is 6.97. The Morgan fingerprint density at radius 2 is 2.00 bits per heavy atom. The van der Waals surface area contributed by atoms with Crippen LogP contribution in [-0.4, -0.2) is 54.6 Å². The molecule has 26 heavy (non-hydrogen) atoms. The molecule has 0 bridgehead atoms. The lowest BCUT2D eigenvalue weighted by atomic mass is 9.85. The molecule has 2 rings (SSSR count). The molecule has 7 heteroatoms. The predicted molar refractivity (Wildman–Crippen MR) is 98.3 cm³/mol. The molecule has 0 unspecified atom stereocenters. The van der Waals surface area contributed by atoms with Gasteiger partial charge in [-0.05, 0) is 51.8 Å². The smallest absolute Gasteiger partial charge is 0.248 e. The molecule has 2 amide bonds. The number of nitrogens with zero attached hydrogens (tertiary/aromatic N) is 1. The van der Waals surface area contributed by atoms with Crippen molar-refractivity contribution >= 4 is 17.5 Å². The fraction of sp³-hybridized carbons (Fsp3) is 0.579. The maximum atomic E-state index is 13.5. The van der Waals surface area contributed by atoms with Crippen LogP contribution in [0.15, 0.2) is 24.3 Å². The molecule has 0 saturated carbocycles. The summed E-state index contributed by atoms with van der Waals surface area (Å²) < 4.78 is 18.7. The molecule has 0 atom stereocenters. The van der Waals surface area contributed by atoms with Gasteiger partial charge >= 0.3 is 0 Å². The van der Waals surface area contributed by atoms with E-state index in [0.717, 1.165) is 0 Å². The van der Waals surface area contributed by atoms with E-state index in [9.17, 15) is 14.0 Å². The minimum atomic E-state index is -0.875. The first-order chi connectivity index (χ1) is 12.4. The van der Waals surface area contributed by atoms with Crippen LogP contribution in [0.5, 0.6) is 0 Å². The SMILES string of the molecule is CCOCC(=O)N1CCC(Nc2cccc(F)c2)(C(=O)NC(C)C)CC1. The highest BCUT2D eigenvalue weighted by Gasteiger charge is 2.42. The number of piperidine rings is 1. The highest BCUT2D eigenvalue weighted by Crippen LogP contribution is 2.28. The standard InChI is InChI=1S/C19H28FN3O3/c1-4-26-13-17(24)23-10-8-19(9-11-23,18(25)21-14(2)3)22-16-7-5-6-15(20)12-16/h5-7,12,14,22H,4,8-11,13H2,1-3H3,(H,21,25). The molecule has 1 aromatic carbocycles. The first-order valence-corrected chi connectivity index (χ1v) is 9.06. The van der Waals surface area contributed by atoms with Crippen LogP contribution < -0.4 is 10.6 Å². The van der Waals surface area contributed by atoms with Crippen LogP contribution in [0.25, 0.3) is 0 Å². The maximum Gasteiger partial charge on any atom is 0.248 e. The normalized spacial score (nSPS) is 16.4. The number of amides is 2. The second-order valence-electron chi connectivity index (χ2n) is 6.86. The van der Waals surface area contributed by atoms with Gasteiger partial charge in [-0.25, -0.2) is 4.39 Å².